The SMILES string of the molecule is CSc1nc2n(n1)[C@H](c1ccc([N+](=O)[O-])cc1)C1=C(CCCC1=O)N2. The van der Waals surface area contributed by atoms with Gasteiger partial charge in [-0.1, -0.05) is 11.8 Å². The molecular weight excluding hydrogens is 342 g/mol. The lowest BCUT2D eigenvalue weighted by atomic mass is 9.85. The summed E-state index contributed by atoms with van der Waals surface area (Å²) in [5.41, 5.74) is 2.37. The Hall–Kier alpha value is -2.68. The highest BCUT2D eigenvalue weighted by molar-refractivity contribution is 7.98. The summed E-state index contributed by atoms with van der Waals surface area (Å²) in [6.45, 7) is 0. The van der Waals surface area contributed by atoms with Crippen molar-refractivity contribution in [2.45, 2.75) is 30.5 Å². The number of hydrogen-bond acceptors (Lipinski definition) is 7. The van der Waals surface area contributed by atoms with Gasteiger partial charge in [0.15, 0.2) is 5.78 Å². The van der Waals surface area contributed by atoms with Gasteiger partial charge in [-0.05, 0) is 36.8 Å². The van der Waals surface area contributed by atoms with Gasteiger partial charge in [-0.3, -0.25) is 14.9 Å². The zero-order valence-electron chi connectivity index (χ0n) is 13.4. The molecule has 0 saturated heterocycles. The third-order valence-electron chi connectivity index (χ3n) is 4.45. The van der Waals surface area contributed by atoms with Crippen LogP contribution in [0.2, 0.25) is 0 Å². The van der Waals surface area contributed by atoms with Gasteiger partial charge in [-0.25, -0.2) is 4.68 Å². The van der Waals surface area contributed by atoms with Crippen LogP contribution in [0.25, 0.3) is 0 Å². The maximum absolute atomic E-state index is 12.6. The summed E-state index contributed by atoms with van der Waals surface area (Å²) in [6, 6.07) is 5.87. The number of benzene rings is 1. The van der Waals surface area contributed by atoms with E-state index in [9.17, 15) is 14.9 Å². The second-order valence-corrected chi connectivity index (χ2v) is 6.69. The van der Waals surface area contributed by atoms with E-state index in [2.05, 4.69) is 15.4 Å². The number of aromatic nitrogens is 3. The number of nitro groups is 1. The molecule has 0 bridgehead atoms. The number of thioether (sulfide) groups is 1. The maximum Gasteiger partial charge on any atom is 0.269 e. The Morgan fingerprint density at radius 2 is 2.08 bits per heavy atom. The standard InChI is InChI=1S/C16H15N5O3S/c1-25-16-18-15-17-11-3-2-4-12(22)13(11)14(20(15)19-16)9-5-7-10(8-6-9)21(23)24/h5-8,14H,2-4H2,1H3,(H,17,18,19)/t14-/m1/s1. The Kier molecular flexibility index (Phi) is 3.79. The molecule has 0 unspecified atom stereocenters. The highest BCUT2D eigenvalue weighted by Crippen LogP contribution is 2.40. The summed E-state index contributed by atoms with van der Waals surface area (Å²) >= 11 is 1.42. The normalized spacial score (nSPS) is 19.2. The van der Waals surface area contributed by atoms with E-state index in [1.807, 2.05) is 6.26 Å². The summed E-state index contributed by atoms with van der Waals surface area (Å²) in [7, 11) is 0. The summed E-state index contributed by atoms with van der Waals surface area (Å²) in [4.78, 5) is 27.5. The molecule has 2 heterocycles. The van der Waals surface area contributed by atoms with E-state index in [0.29, 0.717) is 23.1 Å². The number of nitro benzene ring substituents is 1. The van der Waals surface area contributed by atoms with Gasteiger partial charge in [-0.15, -0.1) is 5.10 Å². The summed E-state index contributed by atoms with van der Waals surface area (Å²) in [6.07, 6.45) is 3.98. The van der Waals surface area contributed by atoms with Crippen molar-refractivity contribution in [2.24, 2.45) is 0 Å². The summed E-state index contributed by atoms with van der Waals surface area (Å²) < 4.78 is 1.70. The molecule has 9 heteroatoms. The predicted molar refractivity (Wildman–Crippen MR) is 92.5 cm³/mol. The van der Waals surface area contributed by atoms with E-state index >= 15 is 0 Å². The molecule has 0 fully saturated rings. The molecular formula is C16H15N5O3S. The molecule has 1 aliphatic heterocycles. The highest BCUT2D eigenvalue weighted by Gasteiger charge is 2.36. The van der Waals surface area contributed by atoms with Gasteiger partial charge in [0.25, 0.3) is 5.69 Å². The van der Waals surface area contributed by atoms with Crippen molar-refractivity contribution in [1.29, 1.82) is 0 Å². The largest absolute Gasteiger partial charge is 0.328 e. The summed E-state index contributed by atoms with van der Waals surface area (Å²) in [5.74, 6) is 0.685. The van der Waals surface area contributed by atoms with Crippen LogP contribution >= 0.6 is 11.8 Å². The van der Waals surface area contributed by atoms with Crippen molar-refractivity contribution in [3.05, 3.63) is 51.2 Å². The van der Waals surface area contributed by atoms with Gasteiger partial charge in [0, 0.05) is 29.8 Å². The van der Waals surface area contributed by atoms with Crippen LogP contribution < -0.4 is 5.32 Å². The van der Waals surface area contributed by atoms with Crippen molar-refractivity contribution in [1.82, 2.24) is 14.8 Å². The third-order valence-corrected chi connectivity index (χ3v) is 4.99. The molecule has 0 spiro atoms. The number of carbonyl (C=O) groups is 1. The second-order valence-electron chi connectivity index (χ2n) is 5.91. The molecule has 1 aromatic carbocycles. The molecule has 2 aromatic rings. The smallest absolute Gasteiger partial charge is 0.269 e. The number of carbonyl (C=O) groups excluding carboxylic acids is 1. The second kappa shape index (κ2) is 5.99. The fourth-order valence-corrected chi connectivity index (χ4v) is 3.66. The van der Waals surface area contributed by atoms with E-state index in [4.69, 9.17) is 0 Å². The lowest BCUT2D eigenvalue weighted by molar-refractivity contribution is -0.384. The molecule has 1 aliphatic carbocycles. The molecule has 2 aliphatic rings. The van der Waals surface area contributed by atoms with Crippen LogP contribution in [0, 0.1) is 10.1 Å². The van der Waals surface area contributed by atoms with E-state index in [1.165, 1.54) is 23.9 Å². The minimum atomic E-state index is -0.435. The van der Waals surface area contributed by atoms with Gasteiger partial charge in [0.2, 0.25) is 11.1 Å². The van der Waals surface area contributed by atoms with Gasteiger partial charge in [0.05, 0.1) is 4.92 Å². The quantitative estimate of drug-likeness (QED) is 0.512. The lowest BCUT2D eigenvalue weighted by Gasteiger charge is -2.32. The zero-order chi connectivity index (χ0) is 17.6. The molecule has 1 aromatic heterocycles. The van der Waals surface area contributed by atoms with Crippen LogP contribution in [0.5, 0.6) is 0 Å². The zero-order valence-corrected chi connectivity index (χ0v) is 14.2. The van der Waals surface area contributed by atoms with Crippen LogP contribution in [-0.2, 0) is 4.79 Å². The van der Waals surface area contributed by atoms with Crippen LogP contribution in [0.15, 0.2) is 40.7 Å². The molecule has 8 nitrogen and oxygen atoms in total. The van der Waals surface area contributed by atoms with Crippen molar-refractivity contribution in [3.63, 3.8) is 0 Å². The maximum atomic E-state index is 12.6. The van der Waals surface area contributed by atoms with E-state index in [-0.39, 0.29) is 11.5 Å². The average molecular weight is 357 g/mol. The average Bonchev–Trinajstić information content (AvgIpc) is 3.03. The van der Waals surface area contributed by atoms with Crippen LogP contribution in [-0.4, -0.2) is 31.7 Å². The number of allylic oxidation sites excluding steroid dienone is 2. The molecule has 1 atom stereocenters. The molecule has 0 saturated carbocycles. The first-order chi connectivity index (χ1) is 12.1. The fraction of sp³-hybridized carbons (Fsp3) is 0.312. The van der Waals surface area contributed by atoms with Crippen molar-refractivity contribution >= 4 is 29.2 Å². The van der Waals surface area contributed by atoms with Gasteiger partial charge in [0.1, 0.15) is 6.04 Å². The van der Waals surface area contributed by atoms with E-state index in [1.54, 1.807) is 16.8 Å². The first-order valence-corrected chi connectivity index (χ1v) is 9.09. The first kappa shape index (κ1) is 15.8. The number of hydrogen-bond donors (Lipinski definition) is 1. The number of nitrogens with zero attached hydrogens (tertiary/aromatic N) is 4. The molecule has 1 N–H and O–H groups in total. The minimum absolute atomic E-state index is 0.0190. The van der Waals surface area contributed by atoms with Crippen molar-refractivity contribution in [3.8, 4) is 0 Å². The Bertz CT molecular complexity index is 903. The molecule has 0 amide bonds. The Morgan fingerprint density at radius 3 is 2.76 bits per heavy atom. The predicted octanol–water partition coefficient (Wildman–Crippen LogP) is 2.93. The number of non-ortho nitro benzene ring substituents is 1. The molecule has 0 radical (unpaired) electrons. The lowest BCUT2D eigenvalue weighted by Crippen LogP contribution is -2.31. The van der Waals surface area contributed by atoms with E-state index in [0.717, 1.165) is 24.1 Å². The van der Waals surface area contributed by atoms with Gasteiger partial charge < -0.3 is 5.32 Å². The molecule has 25 heavy (non-hydrogen) atoms. The van der Waals surface area contributed by atoms with Gasteiger partial charge >= 0.3 is 0 Å². The molecule has 128 valence electrons. The fourth-order valence-electron chi connectivity index (χ4n) is 3.31. The van der Waals surface area contributed by atoms with E-state index < -0.39 is 11.0 Å². The first-order valence-electron chi connectivity index (χ1n) is 7.86. The number of rotatable bonds is 3. The number of fused-ring (bicyclic) bond motifs is 1. The Labute approximate surface area is 147 Å². The van der Waals surface area contributed by atoms with Crippen LogP contribution in [0.4, 0.5) is 11.6 Å². The number of anilines is 1. The van der Waals surface area contributed by atoms with Crippen LogP contribution in [0.3, 0.4) is 0 Å². The Balaban J connectivity index is 1.86. The molecule has 4 rings (SSSR count). The van der Waals surface area contributed by atoms with Crippen molar-refractivity contribution in [2.75, 3.05) is 11.6 Å². The Morgan fingerprint density at radius 1 is 1.32 bits per heavy atom. The topological polar surface area (TPSA) is 103 Å². The number of Topliss-reactive ketones (excluding diaryl/α,β-unsaturated/α-hetero) is 1. The number of ketones is 1. The third kappa shape index (κ3) is 2.60. The monoisotopic (exact) mass is 357 g/mol. The van der Waals surface area contributed by atoms with Crippen LogP contribution in [0.1, 0.15) is 30.9 Å². The minimum Gasteiger partial charge on any atom is -0.328 e. The highest BCUT2D eigenvalue weighted by atomic mass is 32.2. The van der Waals surface area contributed by atoms with Gasteiger partial charge in [-0.2, -0.15) is 4.98 Å². The summed E-state index contributed by atoms with van der Waals surface area (Å²) in [5, 5.41) is 19.3. The number of nitrogens with one attached hydrogen (secondary N) is 1. The van der Waals surface area contributed by atoms with Crippen molar-refractivity contribution < 1.29 is 9.72 Å².